The second-order valence-corrected chi connectivity index (χ2v) is 11.7. The van der Waals surface area contributed by atoms with Crippen LogP contribution >= 0.6 is 0 Å². The second-order valence-electron chi connectivity index (χ2n) is 11.7. The molecule has 2 N–H and O–H groups in total. The van der Waals surface area contributed by atoms with Gasteiger partial charge in [0.1, 0.15) is 5.82 Å². The molecule has 1 unspecified atom stereocenters. The number of fused-ring (bicyclic) bond motifs is 2. The third-order valence-electron chi connectivity index (χ3n) is 8.08. The van der Waals surface area contributed by atoms with Crippen molar-refractivity contribution in [1.29, 1.82) is 0 Å². The van der Waals surface area contributed by atoms with Crippen LogP contribution in [0.15, 0.2) is 46.1 Å². The van der Waals surface area contributed by atoms with E-state index < -0.39 is 23.1 Å². The van der Waals surface area contributed by atoms with E-state index in [4.69, 9.17) is 0 Å². The monoisotopic (exact) mass is 575 g/mol. The van der Waals surface area contributed by atoms with E-state index in [1.54, 1.807) is 16.8 Å². The van der Waals surface area contributed by atoms with Crippen LogP contribution in [0.4, 0.5) is 14.9 Å². The lowest BCUT2D eigenvalue weighted by molar-refractivity contribution is 0.0913. The van der Waals surface area contributed by atoms with Crippen LogP contribution in [0.1, 0.15) is 55.9 Å². The van der Waals surface area contributed by atoms with Crippen LogP contribution in [0.3, 0.4) is 0 Å². The number of rotatable bonds is 6. The number of anilines is 1. The molecule has 1 aliphatic heterocycles. The average Bonchev–Trinajstić information content (AvgIpc) is 3.69. The highest BCUT2D eigenvalue weighted by Gasteiger charge is 2.28. The van der Waals surface area contributed by atoms with Crippen LogP contribution < -0.4 is 21.9 Å². The van der Waals surface area contributed by atoms with Gasteiger partial charge in [0.05, 0.1) is 22.1 Å². The zero-order valence-electron chi connectivity index (χ0n) is 23.9. The number of aryl methyl sites for hydroxylation is 1. The third kappa shape index (κ3) is 5.28. The van der Waals surface area contributed by atoms with Crippen LogP contribution in [-0.2, 0) is 13.6 Å². The van der Waals surface area contributed by atoms with Crippen LogP contribution in [0.25, 0.3) is 21.8 Å². The van der Waals surface area contributed by atoms with E-state index in [2.05, 4.69) is 15.7 Å². The molecule has 1 saturated carbocycles. The van der Waals surface area contributed by atoms with Crippen LogP contribution in [0.5, 0.6) is 0 Å². The molecule has 220 valence electrons. The summed E-state index contributed by atoms with van der Waals surface area (Å²) in [6, 6.07) is 6.68. The topological polar surface area (TPSA) is 123 Å². The molecule has 6 rings (SSSR count). The van der Waals surface area contributed by atoms with Crippen LogP contribution in [-0.4, -0.2) is 54.9 Å². The van der Waals surface area contributed by atoms with Gasteiger partial charge in [-0.3, -0.25) is 23.4 Å². The molecule has 3 amide bonds. The van der Waals surface area contributed by atoms with E-state index in [0.29, 0.717) is 37.4 Å². The van der Waals surface area contributed by atoms with E-state index >= 15 is 4.39 Å². The first-order valence-electron chi connectivity index (χ1n) is 14.4. The second kappa shape index (κ2) is 10.7. The fourth-order valence-corrected chi connectivity index (χ4v) is 5.74. The number of piperidine rings is 1. The number of hydrogen-bond donors (Lipinski definition) is 2. The summed E-state index contributed by atoms with van der Waals surface area (Å²) in [5.74, 6) is -0.705. The van der Waals surface area contributed by atoms with E-state index in [1.807, 2.05) is 33.2 Å². The maximum atomic E-state index is 15.3. The van der Waals surface area contributed by atoms with Crippen molar-refractivity contribution >= 4 is 39.4 Å². The minimum atomic E-state index is -0.740. The predicted molar refractivity (Wildman–Crippen MR) is 157 cm³/mol. The van der Waals surface area contributed by atoms with Crippen molar-refractivity contribution in [3.8, 4) is 0 Å². The van der Waals surface area contributed by atoms with Gasteiger partial charge in [-0.05, 0) is 63.6 Å². The van der Waals surface area contributed by atoms with Gasteiger partial charge in [0.15, 0.2) is 0 Å². The molecule has 0 radical (unpaired) electrons. The fraction of sp³-hybridized carbons (Fsp3) is 0.433. The maximum Gasteiger partial charge on any atom is 0.331 e. The number of amides is 3. The quantitative estimate of drug-likeness (QED) is 0.364. The molecular formula is C30H34FN7O4. The molecule has 1 saturated heterocycles. The summed E-state index contributed by atoms with van der Waals surface area (Å²) in [4.78, 5) is 54.2. The summed E-state index contributed by atoms with van der Waals surface area (Å²) in [6.07, 6.45) is 5.16. The highest BCUT2D eigenvalue weighted by atomic mass is 19.1. The normalized spacial score (nSPS) is 17.3. The number of nitrogens with one attached hydrogen (secondary N) is 2. The number of nitrogens with zero attached hydrogens (tertiary/aromatic N) is 5. The van der Waals surface area contributed by atoms with Crippen molar-refractivity contribution in [2.75, 3.05) is 18.4 Å². The Morgan fingerprint density at radius 1 is 1.12 bits per heavy atom. The van der Waals surface area contributed by atoms with Gasteiger partial charge >= 0.3 is 11.7 Å². The highest BCUT2D eigenvalue weighted by Crippen LogP contribution is 2.30. The zero-order valence-corrected chi connectivity index (χ0v) is 23.9. The summed E-state index contributed by atoms with van der Waals surface area (Å²) < 4.78 is 19.6. The molecule has 2 aromatic carbocycles. The van der Waals surface area contributed by atoms with Crippen molar-refractivity contribution in [1.82, 2.24) is 29.1 Å². The maximum absolute atomic E-state index is 15.3. The Labute approximate surface area is 240 Å². The van der Waals surface area contributed by atoms with Gasteiger partial charge in [-0.15, -0.1) is 0 Å². The van der Waals surface area contributed by atoms with Crippen LogP contribution in [0.2, 0.25) is 0 Å². The van der Waals surface area contributed by atoms with Gasteiger partial charge in [-0.1, -0.05) is 6.07 Å². The molecule has 11 nitrogen and oxygen atoms in total. The molecule has 1 atom stereocenters. The SMILES string of the molecule is CC(C)n1c(=O)n(CC2CC2)c(=O)c2cc(NC(=O)N3CCCC(NC(=O)c4ccc5cn(C)nc5c4)C3)c(F)cc21. The molecule has 0 spiro atoms. The fourth-order valence-electron chi connectivity index (χ4n) is 5.74. The van der Waals surface area contributed by atoms with Gasteiger partial charge in [-0.25, -0.2) is 14.0 Å². The number of carbonyl (C=O) groups excluding carboxylic acids is 2. The minimum absolute atomic E-state index is 0.133. The Bertz CT molecular complexity index is 1840. The van der Waals surface area contributed by atoms with Crippen molar-refractivity contribution < 1.29 is 14.0 Å². The number of urea groups is 1. The summed E-state index contributed by atoms with van der Waals surface area (Å²) in [5.41, 5.74) is 0.328. The number of benzene rings is 2. The first-order chi connectivity index (χ1) is 20.1. The summed E-state index contributed by atoms with van der Waals surface area (Å²) >= 11 is 0. The van der Waals surface area contributed by atoms with Crippen molar-refractivity contribution in [3.05, 3.63) is 68.7 Å². The number of likely N-dealkylation sites (tertiary alicyclic amines) is 1. The van der Waals surface area contributed by atoms with Crippen molar-refractivity contribution in [3.63, 3.8) is 0 Å². The minimum Gasteiger partial charge on any atom is -0.348 e. The Morgan fingerprint density at radius 3 is 2.64 bits per heavy atom. The predicted octanol–water partition coefficient (Wildman–Crippen LogP) is 3.61. The standard InChI is InChI=1S/C30H34FN7O4/c1-17(2)38-26-13-23(31)25(12-22(26)28(40)37(30(38)42)14-18-6-7-18)33-29(41)36-10-4-5-21(16-36)32-27(39)19-8-9-20-15-35(3)34-24(20)11-19/h8-9,11-13,15,17-18,21H,4-7,10,14,16H2,1-3H3,(H,32,39)(H,33,41). The molecule has 2 aliphatic rings. The molecule has 4 aromatic rings. The zero-order chi connectivity index (χ0) is 29.7. The lowest BCUT2D eigenvalue weighted by atomic mass is 10.0. The van der Waals surface area contributed by atoms with Crippen molar-refractivity contribution in [2.24, 2.45) is 13.0 Å². The Hall–Kier alpha value is -4.48. The Balaban J connectivity index is 1.20. The van der Waals surface area contributed by atoms with Crippen molar-refractivity contribution in [2.45, 2.75) is 58.2 Å². The number of carbonyl (C=O) groups is 2. The third-order valence-corrected chi connectivity index (χ3v) is 8.08. The highest BCUT2D eigenvalue weighted by molar-refractivity contribution is 5.98. The Kier molecular flexibility index (Phi) is 7.07. The van der Waals surface area contributed by atoms with E-state index in [0.717, 1.165) is 29.8 Å². The Morgan fingerprint density at radius 2 is 1.90 bits per heavy atom. The van der Waals surface area contributed by atoms with Gasteiger partial charge in [-0.2, -0.15) is 5.10 Å². The van der Waals surface area contributed by atoms with E-state index in [9.17, 15) is 19.2 Å². The molecule has 3 heterocycles. The summed E-state index contributed by atoms with van der Waals surface area (Å²) in [6.45, 7) is 4.63. The molecule has 0 bridgehead atoms. The lowest BCUT2D eigenvalue weighted by Crippen LogP contribution is -2.50. The molecule has 1 aliphatic carbocycles. The average molecular weight is 576 g/mol. The van der Waals surface area contributed by atoms with Gasteiger partial charge < -0.3 is 15.5 Å². The first kappa shape index (κ1) is 27.7. The van der Waals surface area contributed by atoms with Crippen LogP contribution in [0, 0.1) is 11.7 Å². The smallest absolute Gasteiger partial charge is 0.331 e. The molecule has 42 heavy (non-hydrogen) atoms. The van der Waals surface area contributed by atoms with Gasteiger partial charge in [0, 0.05) is 62.0 Å². The first-order valence-corrected chi connectivity index (χ1v) is 14.4. The van der Waals surface area contributed by atoms with Gasteiger partial charge in [0.2, 0.25) is 0 Å². The van der Waals surface area contributed by atoms with E-state index in [-0.39, 0.29) is 41.1 Å². The largest absolute Gasteiger partial charge is 0.348 e. The molecule has 12 heteroatoms. The summed E-state index contributed by atoms with van der Waals surface area (Å²) in [7, 11) is 1.82. The van der Waals surface area contributed by atoms with Gasteiger partial charge in [0.25, 0.3) is 11.5 Å². The summed E-state index contributed by atoms with van der Waals surface area (Å²) in [5, 5.41) is 11.1. The number of aromatic nitrogens is 4. The molecule has 2 aromatic heterocycles. The van der Waals surface area contributed by atoms with E-state index in [1.165, 1.54) is 20.1 Å². The molecular weight excluding hydrogens is 541 g/mol. The number of halogens is 1. The number of hydrogen-bond acceptors (Lipinski definition) is 5. The lowest BCUT2D eigenvalue weighted by Gasteiger charge is -2.33. The molecule has 2 fully saturated rings.